The van der Waals surface area contributed by atoms with Gasteiger partial charge in [-0.05, 0) is 24.6 Å². The summed E-state index contributed by atoms with van der Waals surface area (Å²) in [5.41, 5.74) is 13.7. The number of rotatable bonds is 2. The maximum atomic E-state index is 13.6. The zero-order valence-corrected chi connectivity index (χ0v) is 9.39. The molecule has 1 atom stereocenters. The summed E-state index contributed by atoms with van der Waals surface area (Å²) in [6, 6.07) is 2.72. The third-order valence-corrected chi connectivity index (χ3v) is 2.56. The largest absolute Gasteiger partial charge is 0.383 e. The number of nitrogens with zero attached hydrogens (tertiary/aromatic N) is 2. The van der Waals surface area contributed by atoms with Crippen LogP contribution in [0.3, 0.4) is 0 Å². The molecule has 0 aliphatic carbocycles. The van der Waals surface area contributed by atoms with Gasteiger partial charge in [-0.2, -0.15) is 0 Å². The summed E-state index contributed by atoms with van der Waals surface area (Å²) in [6.45, 7) is 1.88. The number of nitrogens with two attached hydrogens (primary N) is 2. The second-order valence-electron chi connectivity index (χ2n) is 3.86. The van der Waals surface area contributed by atoms with Gasteiger partial charge in [-0.1, -0.05) is 0 Å². The Balaban J connectivity index is 2.47. The van der Waals surface area contributed by atoms with Crippen LogP contribution in [-0.2, 0) is 0 Å². The highest BCUT2D eigenvalue weighted by Crippen LogP contribution is 2.25. The zero-order valence-electron chi connectivity index (χ0n) is 9.39. The lowest BCUT2D eigenvalue weighted by Crippen LogP contribution is -2.16. The zero-order chi connectivity index (χ0) is 12.4. The molecule has 2 aromatic heterocycles. The maximum absolute atomic E-state index is 13.6. The fourth-order valence-electron chi connectivity index (χ4n) is 1.66. The molecule has 2 rings (SSSR count). The van der Waals surface area contributed by atoms with E-state index in [-0.39, 0.29) is 0 Å². The molecule has 0 saturated heterocycles. The average Bonchev–Trinajstić information content (AvgIpc) is 2.32. The highest BCUT2D eigenvalue weighted by Gasteiger charge is 2.16. The standard InChI is InChI=1S/C12H13FN4/c1-7-4-9(12(15)17-5-7)11(14)8-2-3-16-6-10(8)13/h2-6,11H,14H2,1H3,(H2,15,17). The van der Waals surface area contributed by atoms with Gasteiger partial charge in [0.1, 0.15) is 11.6 Å². The predicted molar refractivity (Wildman–Crippen MR) is 63.6 cm³/mol. The Bertz CT molecular complexity index is 542. The van der Waals surface area contributed by atoms with Gasteiger partial charge in [-0.3, -0.25) is 4.98 Å². The van der Waals surface area contributed by atoms with Crippen LogP contribution in [0.15, 0.2) is 30.7 Å². The molecule has 2 heterocycles. The summed E-state index contributed by atoms with van der Waals surface area (Å²) < 4.78 is 13.6. The molecule has 5 heteroatoms. The summed E-state index contributed by atoms with van der Waals surface area (Å²) >= 11 is 0. The van der Waals surface area contributed by atoms with E-state index >= 15 is 0 Å². The first-order valence-corrected chi connectivity index (χ1v) is 5.16. The molecule has 2 aromatic rings. The van der Waals surface area contributed by atoms with Crippen molar-refractivity contribution in [1.82, 2.24) is 9.97 Å². The number of hydrogen-bond donors (Lipinski definition) is 2. The van der Waals surface area contributed by atoms with E-state index in [1.54, 1.807) is 12.3 Å². The SMILES string of the molecule is Cc1cnc(N)c(C(N)c2ccncc2F)c1. The minimum Gasteiger partial charge on any atom is -0.383 e. The van der Waals surface area contributed by atoms with Crippen molar-refractivity contribution < 1.29 is 4.39 Å². The van der Waals surface area contributed by atoms with Crippen LogP contribution in [-0.4, -0.2) is 9.97 Å². The van der Waals surface area contributed by atoms with Crippen molar-refractivity contribution >= 4 is 5.82 Å². The molecule has 0 radical (unpaired) electrons. The van der Waals surface area contributed by atoms with Crippen LogP contribution in [0.25, 0.3) is 0 Å². The molecule has 88 valence electrons. The van der Waals surface area contributed by atoms with Crippen molar-refractivity contribution in [3.63, 3.8) is 0 Å². The van der Waals surface area contributed by atoms with E-state index < -0.39 is 11.9 Å². The number of aryl methyl sites for hydroxylation is 1. The molecule has 0 amide bonds. The van der Waals surface area contributed by atoms with Gasteiger partial charge in [-0.25, -0.2) is 9.37 Å². The Hall–Kier alpha value is -2.01. The first-order valence-electron chi connectivity index (χ1n) is 5.16. The Kier molecular flexibility index (Phi) is 3.01. The molecule has 0 aliphatic heterocycles. The van der Waals surface area contributed by atoms with Gasteiger partial charge in [0.2, 0.25) is 0 Å². The summed E-state index contributed by atoms with van der Waals surface area (Å²) in [4.78, 5) is 7.70. The van der Waals surface area contributed by atoms with Gasteiger partial charge in [-0.15, -0.1) is 0 Å². The van der Waals surface area contributed by atoms with E-state index in [0.29, 0.717) is 16.9 Å². The number of nitrogen functional groups attached to an aromatic ring is 1. The van der Waals surface area contributed by atoms with Crippen LogP contribution < -0.4 is 11.5 Å². The fraction of sp³-hybridized carbons (Fsp3) is 0.167. The number of hydrogen-bond acceptors (Lipinski definition) is 4. The molecule has 0 fully saturated rings. The van der Waals surface area contributed by atoms with Gasteiger partial charge >= 0.3 is 0 Å². The lowest BCUT2D eigenvalue weighted by Gasteiger charge is -2.15. The molecule has 0 aliphatic rings. The normalized spacial score (nSPS) is 12.4. The molecule has 1 unspecified atom stereocenters. The molecule has 0 bridgehead atoms. The van der Waals surface area contributed by atoms with Crippen LogP contribution in [0.2, 0.25) is 0 Å². The van der Waals surface area contributed by atoms with Crippen LogP contribution in [0.1, 0.15) is 22.7 Å². The Morgan fingerprint density at radius 1 is 1.29 bits per heavy atom. The minimum absolute atomic E-state index is 0.319. The third-order valence-electron chi connectivity index (χ3n) is 2.56. The molecule has 0 saturated carbocycles. The Labute approximate surface area is 98.5 Å². The van der Waals surface area contributed by atoms with Crippen molar-refractivity contribution in [3.8, 4) is 0 Å². The monoisotopic (exact) mass is 232 g/mol. The van der Waals surface area contributed by atoms with Crippen molar-refractivity contribution in [2.45, 2.75) is 13.0 Å². The van der Waals surface area contributed by atoms with Crippen LogP contribution in [0.4, 0.5) is 10.2 Å². The van der Waals surface area contributed by atoms with E-state index in [9.17, 15) is 4.39 Å². The van der Waals surface area contributed by atoms with E-state index in [1.807, 2.05) is 13.0 Å². The second-order valence-corrected chi connectivity index (χ2v) is 3.86. The lowest BCUT2D eigenvalue weighted by molar-refractivity contribution is 0.593. The van der Waals surface area contributed by atoms with Crippen molar-refractivity contribution in [2.75, 3.05) is 5.73 Å². The summed E-state index contributed by atoms with van der Waals surface area (Å²) in [6.07, 6.45) is 4.28. The van der Waals surface area contributed by atoms with Gasteiger partial charge < -0.3 is 11.5 Å². The minimum atomic E-state index is -0.634. The molecule has 0 spiro atoms. The van der Waals surface area contributed by atoms with Crippen molar-refractivity contribution in [3.05, 3.63) is 53.2 Å². The summed E-state index contributed by atoms with van der Waals surface area (Å²) in [5, 5.41) is 0. The smallest absolute Gasteiger partial charge is 0.146 e. The van der Waals surface area contributed by atoms with E-state index in [4.69, 9.17) is 11.5 Å². The van der Waals surface area contributed by atoms with Gasteiger partial charge in [0.15, 0.2) is 0 Å². The van der Waals surface area contributed by atoms with Crippen LogP contribution >= 0.6 is 0 Å². The number of halogens is 1. The summed E-state index contributed by atoms with van der Waals surface area (Å²) in [5.74, 6) is -0.125. The molecule has 4 nitrogen and oxygen atoms in total. The fourth-order valence-corrected chi connectivity index (χ4v) is 1.66. The van der Waals surface area contributed by atoms with Gasteiger partial charge in [0.05, 0.1) is 12.2 Å². The third kappa shape index (κ3) is 2.24. The van der Waals surface area contributed by atoms with E-state index in [2.05, 4.69) is 9.97 Å². The maximum Gasteiger partial charge on any atom is 0.146 e. The first-order chi connectivity index (χ1) is 8.09. The van der Waals surface area contributed by atoms with Gasteiger partial charge in [0, 0.05) is 23.5 Å². The lowest BCUT2D eigenvalue weighted by atomic mass is 10.00. The number of aromatic nitrogens is 2. The van der Waals surface area contributed by atoms with Crippen LogP contribution in [0, 0.1) is 12.7 Å². The highest BCUT2D eigenvalue weighted by atomic mass is 19.1. The molecule has 4 N–H and O–H groups in total. The molecular formula is C12H13FN4. The van der Waals surface area contributed by atoms with Crippen LogP contribution in [0.5, 0.6) is 0 Å². The highest BCUT2D eigenvalue weighted by molar-refractivity contribution is 5.46. The topological polar surface area (TPSA) is 77.8 Å². The number of pyridine rings is 2. The first kappa shape index (κ1) is 11.5. The predicted octanol–water partition coefficient (Wildman–Crippen LogP) is 1.55. The number of anilines is 1. The quantitative estimate of drug-likeness (QED) is 0.823. The Morgan fingerprint density at radius 2 is 2.06 bits per heavy atom. The Morgan fingerprint density at radius 3 is 2.76 bits per heavy atom. The van der Waals surface area contributed by atoms with E-state index in [1.165, 1.54) is 6.20 Å². The summed E-state index contributed by atoms with van der Waals surface area (Å²) in [7, 11) is 0. The molecule has 17 heavy (non-hydrogen) atoms. The molecular weight excluding hydrogens is 219 g/mol. The second kappa shape index (κ2) is 4.47. The van der Waals surface area contributed by atoms with Gasteiger partial charge in [0.25, 0.3) is 0 Å². The molecule has 0 aromatic carbocycles. The van der Waals surface area contributed by atoms with E-state index in [0.717, 1.165) is 11.8 Å². The average molecular weight is 232 g/mol. The van der Waals surface area contributed by atoms with Crippen molar-refractivity contribution in [2.24, 2.45) is 5.73 Å². The van der Waals surface area contributed by atoms with Crippen molar-refractivity contribution in [1.29, 1.82) is 0 Å².